The van der Waals surface area contributed by atoms with E-state index in [4.69, 9.17) is 4.74 Å². The standard InChI is InChI=1S/C71H133NO5/c1-3-5-7-9-11-13-15-17-19-35-39-43-47-51-55-59-63-69(74)68(67-73)72-70(75)64-60-56-52-48-44-40-36-33-31-29-27-25-23-21-22-24-26-28-30-32-34-38-42-46-50-54-58-62-66-77-71(76)65-61-57-53-49-45-41-37-20-18-16-14-12-10-8-6-4-2/h14,16,20-22,37,59,63,68-69,73-74H,3-13,15,17-19,23-36,38-58,60-62,64-67H2,1-2H3,(H,72,75)/b16-14-,22-21-,37-20-,63-59+. The molecular weight excluding hydrogens is 947 g/mol. The molecule has 6 nitrogen and oxygen atoms in total. The summed E-state index contributed by atoms with van der Waals surface area (Å²) in [4.78, 5) is 24.6. The fourth-order valence-corrected chi connectivity index (χ4v) is 10.5. The number of carbonyl (C=O) groups is 2. The van der Waals surface area contributed by atoms with E-state index in [9.17, 15) is 19.8 Å². The molecule has 0 aromatic heterocycles. The third-order valence-corrected chi connectivity index (χ3v) is 15.8. The van der Waals surface area contributed by atoms with E-state index in [1.807, 2.05) is 6.08 Å². The highest BCUT2D eigenvalue weighted by atomic mass is 16.5. The van der Waals surface area contributed by atoms with E-state index in [1.54, 1.807) is 6.08 Å². The van der Waals surface area contributed by atoms with Gasteiger partial charge in [0.2, 0.25) is 5.91 Å². The summed E-state index contributed by atoms with van der Waals surface area (Å²) in [6.07, 6.45) is 86.1. The summed E-state index contributed by atoms with van der Waals surface area (Å²) >= 11 is 0. The second-order valence-electron chi connectivity index (χ2n) is 23.5. The van der Waals surface area contributed by atoms with Gasteiger partial charge in [-0.05, 0) is 89.9 Å². The monoisotopic (exact) mass is 1080 g/mol. The zero-order valence-electron chi connectivity index (χ0n) is 51.7. The Morgan fingerprint density at radius 2 is 0.649 bits per heavy atom. The lowest BCUT2D eigenvalue weighted by molar-refractivity contribution is -0.143. The number of unbranched alkanes of at least 4 members (excludes halogenated alkanes) is 47. The van der Waals surface area contributed by atoms with Crippen molar-refractivity contribution in [3.8, 4) is 0 Å². The van der Waals surface area contributed by atoms with Crippen LogP contribution in [0.25, 0.3) is 0 Å². The van der Waals surface area contributed by atoms with Crippen molar-refractivity contribution >= 4 is 11.9 Å². The van der Waals surface area contributed by atoms with Crippen molar-refractivity contribution in [2.45, 2.75) is 379 Å². The number of allylic oxidation sites excluding steroid dienone is 7. The zero-order valence-corrected chi connectivity index (χ0v) is 51.7. The number of carbonyl (C=O) groups excluding carboxylic acids is 2. The van der Waals surface area contributed by atoms with Gasteiger partial charge in [-0.25, -0.2) is 0 Å². The van der Waals surface area contributed by atoms with Crippen molar-refractivity contribution in [1.82, 2.24) is 5.32 Å². The molecule has 0 radical (unpaired) electrons. The molecule has 3 N–H and O–H groups in total. The van der Waals surface area contributed by atoms with Gasteiger partial charge in [0, 0.05) is 12.8 Å². The normalized spacial score (nSPS) is 12.8. The van der Waals surface area contributed by atoms with Crippen LogP contribution in [0.2, 0.25) is 0 Å². The van der Waals surface area contributed by atoms with E-state index in [1.165, 1.54) is 289 Å². The fraction of sp³-hybridized carbons (Fsp3) is 0.859. The quantitative estimate of drug-likeness (QED) is 0.0320. The minimum atomic E-state index is -0.845. The van der Waals surface area contributed by atoms with Crippen molar-refractivity contribution in [1.29, 1.82) is 0 Å². The van der Waals surface area contributed by atoms with Crippen LogP contribution in [0.4, 0.5) is 0 Å². The number of aliphatic hydroxyl groups is 2. The van der Waals surface area contributed by atoms with Gasteiger partial charge in [-0.3, -0.25) is 9.59 Å². The molecule has 0 aromatic rings. The Morgan fingerprint density at radius 3 is 1.01 bits per heavy atom. The maximum atomic E-state index is 12.5. The lowest BCUT2D eigenvalue weighted by Crippen LogP contribution is -2.45. The Balaban J connectivity index is 3.40. The number of esters is 1. The van der Waals surface area contributed by atoms with E-state index < -0.39 is 12.1 Å². The molecule has 2 unspecified atom stereocenters. The molecule has 0 bridgehead atoms. The zero-order chi connectivity index (χ0) is 55.7. The smallest absolute Gasteiger partial charge is 0.305 e. The van der Waals surface area contributed by atoms with Gasteiger partial charge < -0.3 is 20.3 Å². The van der Waals surface area contributed by atoms with Crippen LogP contribution in [-0.4, -0.2) is 47.4 Å². The molecule has 1 amide bonds. The van der Waals surface area contributed by atoms with E-state index in [0.29, 0.717) is 19.4 Å². The van der Waals surface area contributed by atoms with Gasteiger partial charge in [0.15, 0.2) is 0 Å². The lowest BCUT2D eigenvalue weighted by Gasteiger charge is -2.20. The molecule has 0 aliphatic rings. The first-order valence-electron chi connectivity index (χ1n) is 34.4. The van der Waals surface area contributed by atoms with E-state index >= 15 is 0 Å². The van der Waals surface area contributed by atoms with Crippen LogP contribution >= 0.6 is 0 Å². The fourth-order valence-electron chi connectivity index (χ4n) is 10.5. The highest BCUT2D eigenvalue weighted by Crippen LogP contribution is 2.18. The summed E-state index contributed by atoms with van der Waals surface area (Å²) < 4.78 is 5.49. The van der Waals surface area contributed by atoms with Crippen molar-refractivity contribution in [3.63, 3.8) is 0 Å². The molecule has 0 rings (SSSR count). The van der Waals surface area contributed by atoms with Gasteiger partial charge in [0.25, 0.3) is 0 Å². The van der Waals surface area contributed by atoms with Crippen molar-refractivity contribution in [3.05, 3.63) is 48.6 Å². The molecule has 0 saturated heterocycles. The number of aliphatic hydroxyl groups excluding tert-OH is 2. The summed E-state index contributed by atoms with van der Waals surface area (Å²) in [5.74, 6) is -0.0643. The van der Waals surface area contributed by atoms with Gasteiger partial charge >= 0.3 is 5.97 Å². The summed E-state index contributed by atoms with van der Waals surface area (Å²) in [5, 5.41) is 23.2. The topological polar surface area (TPSA) is 95.9 Å². The largest absolute Gasteiger partial charge is 0.466 e. The summed E-state index contributed by atoms with van der Waals surface area (Å²) in [5.41, 5.74) is 0. The highest BCUT2D eigenvalue weighted by molar-refractivity contribution is 5.76. The average Bonchev–Trinajstić information content (AvgIpc) is 3.43. The lowest BCUT2D eigenvalue weighted by atomic mass is 10.0. The highest BCUT2D eigenvalue weighted by Gasteiger charge is 2.18. The molecule has 0 fully saturated rings. The third-order valence-electron chi connectivity index (χ3n) is 15.8. The maximum absolute atomic E-state index is 12.5. The van der Waals surface area contributed by atoms with Crippen LogP contribution in [0.1, 0.15) is 367 Å². The second-order valence-corrected chi connectivity index (χ2v) is 23.5. The molecule has 452 valence electrons. The van der Waals surface area contributed by atoms with Crippen LogP contribution < -0.4 is 5.32 Å². The first kappa shape index (κ1) is 74.8. The molecule has 0 heterocycles. The maximum Gasteiger partial charge on any atom is 0.305 e. The third kappa shape index (κ3) is 62.9. The van der Waals surface area contributed by atoms with Crippen LogP contribution in [-0.2, 0) is 14.3 Å². The molecule has 0 aliphatic heterocycles. The predicted octanol–water partition coefficient (Wildman–Crippen LogP) is 22.1. The number of hydrogen-bond acceptors (Lipinski definition) is 5. The number of ether oxygens (including phenoxy) is 1. The molecule has 6 heteroatoms. The van der Waals surface area contributed by atoms with Crippen LogP contribution in [0.15, 0.2) is 48.6 Å². The number of hydrogen-bond donors (Lipinski definition) is 3. The number of amides is 1. The molecule has 77 heavy (non-hydrogen) atoms. The Labute approximate surface area is 480 Å². The van der Waals surface area contributed by atoms with E-state index in [-0.39, 0.29) is 18.5 Å². The van der Waals surface area contributed by atoms with E-state index in [2.05, 4.69) is 55.6 Å². The Hall–Kier alpha value is -2.18. The van der Waals surface area contributed by atoms with Gasteiger partial charge in [-0.2, -0.15) is 0 Å². The Morgan fingerprint density at radius 1 is 0.364 bits per heavy atom. The van der Waals surface area contributed by atoms with Gasteiger partial charge in [0.1, 0.15) is 0 Å². The molecule has 0 aromatic carbocycles. The molecule has 0 aliphatic carbocycles. The average molecular weight is 1080 g/mol. The molecule has 0 spiro atoms. The van der Waals surface area contributed by atoms with Crippen molar-refractivity contribution in [2.24, 2.45) is 0 Å². The summed E-state index contributed by atoms with van der Waals surface area (Å²) in [6, 6.07) is -0.629. The minimum absolute atomic E-state index is 0.00199. The SMILES string of the molecule is CCCCCC/C=C\C/C=C\CCCCCCCC(=O)OCCCCCCCCCCCCCC/C=C\CCCCCCCCCCCCCCC(=O)NC(CO)C(O)/C=C/CCCCCCCCCCCCCCCC. The molecular formula is C71H133NO5. The first-order chi connectivity index (χ1) is 38.0. The van der Waals surface area contributed by atoms with Crippen LogP contribution in [0, 0.1) is 0 Å². The van der Waals surface area contributed by atoms with Crippen LogP contribution in [0.3, 0.4) is 0 Å². The first-order valence-corrected chi connectivity index (χ1v) is 34.4. The second kappa shape index (κ2) is 66.3. The Kier molecular flexibility index (Phi) is 64.5. The van der Waals surface area contributed by atoms with Gasteiger partial charge in [-0.1, -0.05) is 313 Å². The van der Waals surface area contributed by atoms with Crippen molar-refractivity contribution in [2.75, 3.05) is 13.2 Å². The van der Waals surface area contributed by atoms with E-state index in [0.717, 1.165) is 51.4 Å². The Bertz CT molecular complexity index is 1290. The number of nitrogens with one attached hydrogen (secondary N) is 1. The summed E-state index contributed by atoms with van der Waals surface area (Å²) in [6.45, 7) is 4.90. The van der Waals surface area contributed by atoms with Crippen molar-refractivity contribution < 1.29 is 24.5 Å². The summed E-state index contributed by atoms with van der Waals surface area (Å²) in [7, 11) is 0. The van der Waals surface area contributed by atoms with Gasteiger partial charge in [0.05, 0.1) is 25.4 Å². The van der Waals surface area contributed by atoms with Gasteiger partial charge in [-0.15, -0.1) is 0 Å². The van der Waals surface area contributed by atoms with Crippen LogP contribution in [0.5, 0.6) is 0 Å². The number of rotatable bonds is 64. The molecule has 2 atom stereocenters. The molecule has 0 saturated carbocycles. The predicted molar refractivity (Wildman–Crippen MR) is 338 cm³/mol. The minimum Gasteiger partial charge on any atom is -0.466 e.